The van der Waals surface area contributed by atoms with Crippen molar-refractivity contribution in [2.75, 3.05) is 12.8 Å². The highest BCUT2D eigenvalue weighted by Gasteiger charge is 2.69. The number of carbonyl (C=O) groups excluding carboxylic acids is 1. The quantitative estimate of drug-likeness (QED) is 0.523. The summed E-state index contributed by atoms with van der Waals surface area (Å²) in [7, 11) is -3.67. The van der Waals surface area contributed by atoms with Crippen LogP contribution in [0.15, 0.2) is 30.3 Å². The van der Waals surface area contributed by atoms with Gasteiger partial charge in [-0.05, 0) is 73.7 Å². The average Bonchev–Trinajstić information content (AvgIpc) is 3.62. The minimum Gasteiger partial charge on any atom is -0.461 e. The second-order valence-electron chi connectivity index (χ2n) is 11.0. The molecule has 1 aromatic carbocycles. The molecule has 0 bridgehead atoms. The van der Waals surface area contributed by atoms with E-state index < -0.39 is 10.1 Å². The second kappa shape index (κ2) is 8.10. The zero-order valence-electron chi connectivity index (χ0n) is 18.8. The number of benzene rings is 1. The fourth-order valence-corrected chi connectivity index (χ4v) is 7.27. The van der Waals surface area contributed by atoms with E-state index in [4.69, 9.17) is 9.29 Å². The van der Waals surface area contributed by atoms with Crippen molar-refractivity contribution in [3.63, 3.8) is 0 Å². The minimum atomic E-state index is -3.67. The molecule has 1 heterocycles. The minimum absolute atomic E-state index is 0.0599. The van der Waals surface area contributed by atoms with Crippen LogP contribution in [0.4, 0.5) is 0 Å². The Bertz CT molecular complexity index is 946. The van der Waals surface area contributed by atoms with E-state index in [0.29, 0.717) is 28.9 Å². The molecule has 6 nitrogen and oxygen atoms in total. The zero-order chi connectivity index (χ0) is 22.6. The van der Waals surface area contributed by atoms with E-state index in [0.717, 1.165) is 19.0 Å². The van der Waals surface area contributed by atoms with Crippen LogP contribution in [-0.4, -0.2) is 37.8 Å². The first kappa shape index (κ1) is 22.4. The summed E-state index contributed by atoms with van der Waals surface area (Å²) in [5.41, 5.74) is 2.47. The lowest BCUT2D eigenvalue weighted by atomic mass is 9.73. The third kappa shape index (κ3) is 4.36. The fourth-order valence-electron chi connectivity index (χ4n) is 7.27. The summed E-state index contributed by atoms with van der Waals surface area (Å²) in [6.07, 6.45) is 12.0. The van der Waals surface area contributed by atoms with Gasteiger partial charge in [-0.25, -0.2) is 0 Å². The summed E-state index contributed by atoms with van der Waals surface area (Å²) in [4.78, 5) is 12.8. The molecular formula is C25H35NO5S. The van der Waals surface area contributed by atoms with Crippen LogP contribution < -0.4 is 5.32 Å². The first-order chi connectivity index (χ1) is 15.2. The highest BCUT2D eigenvalue weighted by molar-refractivity contribution is 7.85. The standard InChI is InChI=1S/C24H31NO2.CH4O3S/c26-22-18(15-25-14-16-4-2-1-3-5-16)17-6-8-23(10-11-23)19-7-9-24(12-13-24)20(19)21(17)27-22;1-5(2,3)4/h1-5,17-21,25H,6-15H2;1H3,(H,2,3,4)/t17-,18-,19+,20-,21-;/m0./s1. The maximum absolute atomic E-state index is 12.8. The summed E-state index contributed by atoms with van der Waals surface area (Å²) in [5, 5.41) is 3.56. The van der Waals surface area contributed by atoms with Crippen LogP contribution >= 0.6 is 0 Å². The predicted molar refractivity (Wildman–Crippen MR) is 121 cm³/mol. The van der Waals surface area contributed by atoms with Crippen LogP contribution in [-0.2, 0) is 26.2 Å². The Balaban J connectivity index is 0.000000393. The van der Waals surface area contributed by atoms with Gasteiger partial charge >= 0.3 is 5.97 Å². The Labute approximate surface area is 191 Å². The molecule has 176 valence electrons. The summed E-state index contributed by atoms with van der Waals surface area (Å²) in [6.45, 7) is 1.61. The normalized spacial score (nSPS) is 35.3. The summed E-state index contributed by atoms with van der Waals surface area (Å²) >= 11 is 0. The number of ether oxygens (including phenoxy) is 1. The van der Waals surface area contributed by atoms with E-state index in [1.807, 2.05) is 6.07 Å². The van der Waals surface area contributed by atoms with Gasteiger partial charge in [0.25, 0.3) is 10.1 Å². The maximum atomic E-state index is 12.8. The van der Waals surface area contributed by atoms with Gasteiger partial charge in [-0.1, -0.05) is 30.3 Å². The number of hydrogen-bond acceptors (Lipinski definition) is 5. The van der Waals surface area contributed by atoms with Crippen molar-refractivity contribution in [2.24, 2.45) is 34.5 Å². The molecule has 7 heteroatoms. The first-order valence-corrected chi connectivity index (χ1v) is 13.9. The lowest BCUT2D eigenvalue weighted by Gasteiger charge is -2.33. The number of hydrogen-bond donors (Lipinski definition) is 2. The molecule has 1 aromatic rings. The van der Waals surface area contributed by atoms with E-state index in [9.17, 15) is 13.2 Å². The van der Waals surface area contributed by atoms with Crippen molar-refractivity contribution in [1.82, 2.24) is 5.32 Å². The van der Waals surface area contributed by atoms with Crippen LogP contribution in [0.5, 0.6) is 0 Å². The van der Waals surface area contributed by atoms with Gasteiger partial charge in [0.1, 0.15) is 6.10 Å². The average molecular weight is 462 g/mol. The van der Waals surface area contributed by atoms with Gasteiger partial charge in [0.2, 0.25) is 0 Å². The predicted octanol–water partition coefficient (Wildman–Crippen LogP) is 3.82. The van der Waals surface area contributed by atoms with Gasteiger partial charge < -0.3 is 10.1 Å². The molecule has 0 amide bonds. The number of carbonyl (C=O) groups is 1. The summed E-state index contributed by atoms with van der Waals surface area (Å²) in [6, 6.07) is 10.5. The monoisotopic (exact) mass is 461 g/mol. The van der Waals surface area contributed by atoms with Crippen LogP contribution in [0.1, 0.15) is 56.9 Å². The van der Waals surface area contributed by atoms with Crippen LogP contribution in [0, 0.1) is 34.5 Å². The van der Waals surface area contributed by atoms with Gasteiger partial charge in [0, 0.05) is 24.9 Å². The van der Waals surface area contributed by atoms with Gasteiger partial charge in [-0.15, -0.1) is 0 Å². The number of rotatable bonds is 4. The Morgan fingerprint density at radius 2 is 1.66 bits per heavy atom. The molecule has 6 rings (SSSR count). The summed E-state index contributed by atoms with van der Waals surface area (Å²) < 4.78 is 32.1. The highest BCUT2D eigenvalue weighted by Crippen LogP contribution is 2.74. The molecule has 2 N–H and O–H groups in total. The molecule has 32 heavy (non-hydrogen) atoms. The fraction of sp³-hybridized carbons (Fsp3) is 0.720. The Kier molecular flexibility index (Phi) is 5.66. The SMILES string of the molecule is CS(=O)(=O)O.O=C1O[C@H]2[C@@H](CCC3(CC3)[C@@H]3CCC4(CC4)[C@H]23)[C@@H]1CNCc1ccccc1. The second-order valence-corrected chi connectivity index (χ2v) is 12.4. The zero-order valence-corrected chi connectivity index (χ0v) is 19.6. The van der Waals surface area contributed by atoms with E-state index in [-0.39, 0.29) is 18.0 Å². The topological polar surface area (TPSA) is 92.7 Å². The van der Waals surface area contributed by atoms with Crippen molar-refractivity contribution >= 4 is 16.1 Å². The first-order valence-electron chi connectivity index (χ1n) is 12.1. The Morgan fingerprint density at radius 1 is 1.03 bits per heavy atom. The van der Waals surface area contributed by atoms with Crippen molar-refractivity contribution in [2.45, 2.75) is 64.0 Å². The van der Waals surface area contributed by atoms with Crippen LogP contribution in [0.25, 0.3) is 0 Å². The molecule has 1 aliphatic heterocycles. The van der Waals surface area contributed by atoms with Crippen molar-refractivity contribution in [1.29, 1.82) is 0 Å². The van der Waals surface area contributed by atoms with E-state index in [1.165, 1.54) is 56.9 Å². The Hall–Kier alpha value is -1.44. The number of fused-ring (bicyclic) bond motifs is 5. The molecule has 0 aromatic heterocycles. The molecule has 5 aliphatic rings. The smallest absolute Gasteiger partial charge is 0.310 e. The number of nitrogens with one attached hydrogen (secondary N) is 1. The van der Waals surface area contributed by atoms with Crippen molar-refractivity contribution < 1.29 is 22.5 Å². The number of esters is 1. The largest absolute Gasteiger partial charge is 0.461 e. The molecule has 2 spiro atoms. The van der Waals surface area contributed by atoms with Gasteiger partial charge in [-0.2, -0.15) is 8.42 Å². The molecule has 5 atom stereocenters. The van der Waals surface area contributed by atoms with Crippen LogP contribution in [0.2, 0.25) is 0 Å². The molecule has 4 saturated carbocycles. The highest BCUT2D eigenvalue weighted by atomic mass is 32.2. The van der Waals surface area contributed by atoms with Gasteiger partial charge in [-0.3, -0.25) is 9.35 Å². The van der Waals surface area contributed by atoms with E-state index >= 15 is 0 Å². The summed E-state index contributed by atoms with van der Waals surface area (Å²) in [5.74, 6) is 2.11. The molecule has 1 saturated heterocycles. The van der Waals surface area contributed by atoms with Crippen molar-refractivity contribution in [3.8, 4) is 0 Å². The lowest BCUT2D eigenvalue weighted by molar-refractivity contribution is -0.147. The van der Waals surface area contributed by atoms with Gasteiger partial charge in [0.05, 0.1) is 12.2 Å². The van der Waals surface area contributed by atoms with Gasteiger partial charge in [0.15, 0.2) is 0 Å². The van der Waals surface area contributed by atoms with E-state index in [1.54, 1.807) is 0 Å². The lowest BCUT2D eigenvalue weighted by Crippen LogP contribution is -2.36. The molecule has 5 fully saturated rings. The molecular weight excluding hydrogens is 426 g/mol. The van der Waals surface area contributed by atoms with Crippen molar-refractivity contribution in [3.05, 3.63) is 35.9 Å². The van der Waals surface area contributed by atoms with E-state index in [2.05, 4.69) is 29.6 Å². The molecule has 0 unspecified atom stereocenters. The third-order valence-electron chi connectivity index (χ3n) is 9.02. The third-order valence-corrected chi connectivity index (χ3v) is 9.02. The Morgan fingerprint density at radius 3 is 2.28 bits per heavy atom. The molecule has 4 aliphatic carbocycles. The van der Waals surface area contributed by atoms with Crippen LogP contribution in [0.3, 0.4) is 0 Å². The molecule has 0 radical (unpaired) electrons. The maximum Gasteiger partial charge on any atom is 0.310 e.